The summed E-state index contributed by atoms with van der Waals surface area (Å²) in [6.45, 7) is 0. The number of aromatic nitrogens is 3. The third kappa shape index (κ3) is 4.77. The molecule has 2 aromatic heterocycles. The van der Waals surface area contributed by atoms with Crippen LogP contribution in [-0.4, -0.2) is 14.5 Å². The van der Waals surface area contributed by atoms with Gasteiger partial charge >= 0.3 is 0 Å². The van der Waals surface area contributed by atoms with Crippen molar-refractivity contribution in [3.8, 4) is 50.7 Å². The number of hydrogen-bond donors (Lipinski definition) is 0. The molecule has 0 bridgehead atoms. The quantitative estimate of drug-likeness (QED) is 0.197. The number of hydrogen-bond acceptors (Lipinski definition) is 2. The lowest BCUT2D eigenvalue weighted by Gasteiger charge is -2.14. The van der Waals surface area contributed by atoms with Crippen molar-refractivity contribution in [3.05, 3.63) is 176 Å². The highest BCUT2D eigenvalue weighted by Crippen LogP contribution is 2.39. The maximum absolute atomic E-state index is 5.19. The van der Waals surface area contributed by atoms with E-state index in [1.54, 1.807) is 0 Å². The Morgan fingerprint density at radius 2 is 1.00 bits per heavy atom. The highest BCUT2D eigenvalue weighted by molar-refractivity contribution is 6.10. The van der Waals surface area contributed by atoms with Crippen molar-refractivity contribution in [1.82, 2.24) is 14.5 Å². The van der Waals surface area contributed by atoms with E-state index in [0.717, 1.165) is 44.9 Å². The third-order valence-electron chi connectivity index (χ3n) is 9.00. The van der Waals surface area contributed by atoms with Gasteiger partial charge < -0.3 is 4.57 Å². The van der Waals surface area contributed by atoms with Gasteiger partial charge in [0.2, 0.25) is 0 Å². The summed E-state index contributed by atoms with van der Waals surface area (Å²) < 4.78 is 2.35. The highest BCUT2D eigenvalue weighted by atomic mass is 15.0. The number of para-hydroxylation sites is 2. The average Bonchev–Trinajstić information content (AvgIpc) is 3.49. The van der Waals surface area contributed by atoms with E-state index in [2.05, 4.69) is 162 Å². The molecule has 3 nitrogen and oxygen atoms in total. The fraction of sp³-hybridized carbons (Fsp3) is 0. The molecule has 0 saturated heterocycles. The second-order valence-electron chi connectivity index (χ2n) is 11.9. The molecular formula is C44H29N3. The van der Waals surface area contributed by atoms with Gasteiger partial charge in [-0.25, -0.2) is 9.97 Å². The van der Waals surface area contributed by atoms with Crippen molar-refractivity contribution in [2.75, 3.05) is 0 Å². The summed E-state index contributed by atoms with van der Waals surface area (Å²) in [7, 11) is 0. The SMILES string of the molecule is c1ccc(-c2nc(-c3ccc4ccccc4c3)cc(-c3ccccc3-c3ccc4c(c3)c3ccccc3n4-c3ccccc3)n2)cc1. The van der Waals surface area contributed by atoms with Crippen molar-refractivity contribution in [1.29, 1.82) is 0 Å². The summed E-state index contributed by atoms with van der Waals surface area (Å²) in [6, 6.07) is 62.0. The minimum atomic E-state index is 0.711. The second-order valence-corrected chi connectivity index (χ2v) is 11.9. The summed E-state index contributed by atoms with van der Waals surface area (Å²) in [5.74, 6) is 0.711. The summed E-state index contributed by atoms with van der Waals surface area (Å²) in [6.07, 6.45) is 0. The minimum absolute atomic E-state index is 0.711. The minimum Gasteiger partial charge on any atom is -0.309 e. The Morgan fingerprint density at radius 3 is 1.85 bits per heavy atom. The van der Waals surface area contributed by atoms with Crippen LogP contribution in [0, 0.1) is 0 Å². The Bertz CT molecular complexity index is 2570. The van der Waals surface area contributed by atoms with Crippen LogP contribution in [-0.2, 0) is 0 Å². The molecule has 0 aliphatic carbocycles. The molecule has 9 rings (SSSR count). The molecule has 0 aliphatic heterocycles. The van der Waals surface area contributed by atoms with Crippen molar-refractivity contribution in [2.24, 2.45) is 0 Å². The van der Waals surface area contributed by atoms with Gasteiger partial charge in [0.15, 0.2) is 5.82 Å². The van der Waals surface area contributed by atoms with E-state index in [1.807, 2.05) is 18.2 Å². The number of rotatable bonds is 5. The number of fused-ring (bicyclic) bond motifs is 4. The van der Waals surface area contributed by atoms with Crippen LogP contribution in [0.3, 0.4) is 0 Å². The molecule has 0 atom stereocenters. The first-order chi connectivity index (χ1) is 23.3. The molecule has 3 heteroatoms. The van der Waals surface area contributed by atoms with Crippen LogP contribution in [0.15, 0.2) is 176 Å². The normalized spacial score (nSPS) is 11.4. The fourth-order valence-electron chi connectivity index (χ4n) is 6.75. The average molecular weight is 600 g/mol. The highest BCUT2D eigenvalue weighted by Gasteiger charge is 2.17. The maximum atomic E-state index is 5.19. The maximum Gasteiger partial charge on any atom is 0.160 e. The van der Waals surface area contributed by atoms with Gasteiger partial charge in [-0.15, -0.1) is 0 Å². The van der Waals surface area contributed by atoms with E-state index in [0.29, 0.717) is 5.82 Å². The van der Waals surface area contributed by atoms with Crippen molar-refractivity contribution < 1.29 is 0 Å². The van der Waals surface area contributed by atoms with E-state index >= 15 is 0 Å². The van der Waals surface area contributed by atoms with Gasteiger partial charge in [0.1, 0.15) is 0 Å². The Balaban J connectivity index is 1.24. The number of benzene rings is 7. The number of nitrogens with zero attached hydrogens (tertiary/aromatic N) is 3. The lowest BCUT2D eigenvalue weighted by Crippen LogP contribution is -1.97. The molecule has 7 aromatic carbocycles. The van der Waals surface area contributed by atoms with E-state index < -0.39 is 0 Å². The summed E-state index contributed by atoms with van der Waals surface area (Å²) in [5.41, 5.74) is 10.7. The molecule has 0 N–H and O–H groups in total. The molecule has 0 spiro atoms. The van der Waals surface area contributed by atoms with Gasteiger partial charge in [-0.05, 0) is 64.4 Å². The van der Waals surface area contributed by atoms with Gasteiger partial charge in [0.05, 0.1) is 22.4 Å². The van der Waals surface area contributed by atoms with Crippen LogP contribution >= 0.6 is 0 Å². The molecule has 0 saturated carbocycles. The molecule has 47 heavy (non-hydrogen) atoms. The summed E-state index contributed by atoms with van der Waals surface area (Å²) in [5, 5.41) is 4.86. The molecule has 0 amide bonds. The van der Waals surface area contributed by atoms with Crippen LogP contribution < -0.4 is 0 Å². The van der Waals surface area contributed by atoms with Gasteiger partial charge in [0.25, 0.3) is 0 Å². The molecular weight excluding hydrogens is 571 g/mol. The Kier molecular flexibility index (Phi) is 6.46. The largest absolute Gasteiger partial charge is 0.309 e. The zero-order valence-electron chi connectivity index (χ0n) is 25.6. The predicted molar refractivity (Wildman–Crippen MR) is 196 cm³/mol. The van der Waals surface area contributed by atoms with Crippen molar-refractivity contribution in [2.45, 2.75) is 0 Å². The van der Waals surface area contributed by atoms with Crippen molar-refractivity contribution in [3.63, 3.8) is 0 Å². The molecule has 0 fully saturated rings. The first-order valence-electron chi connectivity index (χ1n) is 15.9. The molecule has 0 aliphatic rings. The van der Waals surface area contributed by atoms with Crippen molar-refractivity contribution >= 4 is 32.6 Å². The molecule has 2 heterocycles. The first kappa shape index (κ1) is 27.0. The zero-order valence-corrected chi connectivity index (χ0v) is 25.6. The summed E-state index contributed by atoms with van der Waals surface area (Å²) in [4.78, 5) is 10.3. The Labute approximate surface area is 273 Å². The predicted octanol–water partition coefficient (Wildman–Crippen LogP) is 11.4. The lowest BCUT2D eigenvalue weighted by atomic mass is 9.95. The second kappa shape index (κ2) is 11.2. The van der Waals surface area contributed by atoms with E-state index in [9.17, 15) is 0 Å². The third-order valence-corrected chi connectivity index (χ3v) is 9.00. The monoisotopic (exact) mass is 599 g/mol. The van der Waals surface area contributed by atoms with E-state index in [-0.39, 0.29) is 0 Å². The molecule has 0 unspecified atom stereocenters. The van der Waals surface area contributed by atoms with Crippen LogP contribution in [0.25, 0.3) is 83.3 Å². The zero-order chi connectivity index (χ0) is 31.2. The summed E-state index contributed by atoms with van der Waals surface area (Å²) >= 11 is 0. The van der Waals surface area contributed by atoms with E-state index in [4.69, 9.17) is 9.97 Å². The Hall–Kier alpha value is -6.32. The van der Waals surface area contributed by atoms with E-state index in [1.165, 1.54) is 32.6 Å². The smallest absolute Gasteiger partial charge is 0.160 e. The topological polar surface area (TPSA) is 30.7 Å². The fourth-order valence-corrected chi connectivity index (χ4v) is 6.75. The first-order valence-corrected chi connectivity index (χ1v) is 15.9. The lowest BCUT2D eigenvalue weighted by molar-refractivity contribution is 1.18. The van der Waals surface area contributed by atoms with Gasteiger partial charge in [-0.2, -0.15) is 0 Å². The van der Waals surface area contributed by atoms with Gasteiger partial charge in [0, 0.05) is 33.2 Å². The Morgan fingerprint density at radius 1 is 0.362 bits per heavy atom. The molecule has 220 valence electrons. The molecule has 9 aromatic rings. The van der Waals surface area contributed by atoms with Gasteiger partial charge in [-0.3, -0.25) is 0 Å². The van der Waals surface area contributed by atoms with Crippen LogP contribution in [0.1, 0.15) is 0 Å². The van der Waals surface area contributed by atoms with Gasteiger partial charge in [-0.1, -0.05) is 133 Å². The molecule has 0 radical (unpaired) electrons. The van der Waals surface area contributed by atoms with Crippen LogP contribution in [0.2, 0.25) is 0 Å². The van der Waals surface area contributed by atoms with Crippen LogP contribution in [0.5, 0.6) is 0 Å². The standard InChI is InChI=1S/C44H29N3/c1-3-14-31(15-4-1)44-45-40(34-24-23-30-13-7-8-16-32(30)27-34)29-41(46-44)37-20-10-9-19-36(37)33-25-26-43-39(28-33)38-21-11-12-22-42(38)47(43)35-17-5-2-6-18-35/h1-29H. The van der Waals surface area contributed by atoms with Crippen LogP contribution in [0.4, 0.5) is 0 Å².